The van der Waals surface area contributed by atoms with Gasteiger partial charge in [0, 0.05) is 5.69 Å². The van der Waals surface area contributed by atoms with Crippen LogP contribution in [0.1, 0.15) is 5.56 Å². The first kappa shape index (κ1) is 11.4. The molecule has 15 heavy (non-hydrogen) atoms. The van der Waals surface area contributed by atoms with Crippen LogP contribution in [-0.2, 0) is 11.2 Å². The highest BCUT2D eigenvalue weighted by Gasteiger charge is 2.07. The van der Waals surface area contributed by atoms with Crippen molar-refractivity contribution in [3.8, 4) is 0 Å². The van der Waals surface area contributed by atoms with E-state index in [1.54, 1.807) is 24.3 Å². The van der Waals surface area contributed by atoms with E-state index in [2.05, 4.69) is 5.32 Å². The number of hydrogen-bond acceptors (Lipinski definition) is 2. The van der Waals surface area contributed by atoms with Crippen molar-refractivity contribution >= 4 is 11.6 Å². The van der Waals surface area contributed by atoms with Gasteiger partial charge in [0.1, 0.15) is 0 Å². The van der Waals surface area contributed by atoms with Crippen molar-refractivity contribution in [3.05, 3.63) is 29.8 Å². The lowest BCUT2D eigenvalue weighted by Gasteiger charge is -2.04. The molecule has 5 heteroatoms. The second-order valence-corrected chi connectivity index (χ2v) is 3.12. The van der Waals surface area contributed by atoms with Gasteiger partial charge < -0.3 is 11.1 Å². The molecule has 0 aliphatic carbocycles. The Balaban J connectivity index is 2.44. The first-order chi connectivity index (χ1) is 7.08. The summed E-state index contributed by atoms with van der Waals surface area (Å²) in [6.45, 7) is -0.610. The minimum Gasteiger partial charge on any atom is -0.399 e. The van der Waals surface area contributed by atoms with E-state index >= 15 is 0 Å². The van der Waals surface area contributed by atoms with Crippen LogP contribution in [0.2, 0.25) is 0 Å². The fourth-order valence-electron chi connectivity index (χ4n) is 1.14. The molecular weight excluding hydrogens is 202 g/mol. The number of hydrogen-bond donors (Lipinski definition) is 2. The maximum Gasteiger partial charge on any atom is 0.255 e. The summed E-state index contributed by atoms with van der Waals surface area (Å²) >= 11 is 0. The third kappa shape index (κ3) is 4.39. The smallest absolute Gasteiger partial charge is 0.255 e. The molecule has 82 valence electrons. The first-order valence-electron chi connectivity index (χ1n) is 4.47. The molecule has 0 bridgehead atoms. The largest absolute Gasteiger partial charge is 0.399 e. The Labute approximate surface area is 86.3 Å². The highest BCUT2D eigenvalue weighted by atomic mass is 19.3. The third-order valence-electron chi connectivity index (χ3n) is 1.77. The molecule has 1 rings (SSSR count). The van der Waals surface area contributed by atoms with E-state index in [1.165, 1.54) is 0 Å². The lowest BCUT2D eigenvalue weighted by atomic mass is 10.1. The summed E-state index contributed by atoms with van der Waals surface area (Å²) in [6.07, 6.45) is -2.45. The molecule has 0 aliphatic rings. The van der Waals surface area contributed by atoms with Crippen LogP contribution in [0.15, 0.2) is 24.3 Å². The number of alkyl halides is 2. The molecule has 0 unspecified atom stereocenters. The van der Waals surface area contributed by atoms with E-state index in [9.17, 15) is 13.6 Å². The number of nitrogens with one attached hydrogen (secondary N) is 1. The number of benzene rings is 1. The molecule has 0 spiro atoms. The van der Waals surface area contributed by atoms with Crippen LogP contribution >= 0.6 is 0 Å². The second kappa shape index (κ2) is 5.29. The quantitative estimate of drug-likeness (QED) is 0.740. The predicted octanol–water partition coefficient (Wildman–Crippen LogP) is 1.19. The molecule has 0 aromatic heterocycles. The number of anilines is 1. The minimum atomic E-state index is -2.52. The summed E-state index contributed by atoms with van der Waals surface area (Å²) in [5, 5.41) is 2.12. The number of nitrogen functional groups attached to an aromatic ring is 1. The summed E-state index contributed by atoms with van der Waals surface area (Å²) in [7, 11) is 0. The van der Waals surface area contributed by atoms with Gasteiger partial charge in [-0.25, -0.2) is 8.78 Å². The van der Waals surface area contributed by atoms with E-state index in [4.69, 9.17) is 5.73 Å². The number of halogens is 2. The van der Waals surface area contributed by atoms with Gasteiger partial charge in [-0.2, -0.15) is 0 Å². The standard InChI is InChI=1S/C10H12F2N2O/c11-9(12)6-14-10(15)5-7-2-1-3-8(13)4-7/h1-4,9H,5-6,13H2,(H,14,15). The van der Waals surface area contributed by atoms with Crippen molar-refractivity contribution in [2.75, 3.05) is 12.3 Å². The number of amides is 1. The van der Waals surface area contributed by atoms with Crippen LogP contribution in [-0.4, -0.2) is 18.9 Å². The number of carbonyl (C=O) groups excluding carboxylic acids is 1. The van der Waals surface area contributed by atoms with Gasteiger partial charge in [0.25, 0.3) is 6.43 Å². The van der Waals surface area contributed by atoms with Gasteiger partial charge in [-0.15, -0.1) is 0 Å². The SMILES string of the molecule is Nc1cccc(CC(=O)NCC(F)F)c1. The molecule has 0 radical (unpaired) electrons. The van der Waals surface area contributed by atoms with Crippen molar-refractivity contribution in [2.45, 2.75) is 12.8 Å². The molecule has 0 aliphatic heterocycles. The van der Waals surface area contributed by atoms with E-state index in [-0.39, 0.29) is 6.42 Å². The second-order valence-electron chi connectivity index (χ2n) is 3.12. The monoisotopic (exact) mass is 214 g/mol. The van der Waals surface area contributed by atoms with Gasteiger partial charge in [-0.3, -0.25) is 4.79 Å². The highest BCUT2D eigenvalue weighted by Crippen LogP contribution is 2.06. The number of nitrogens with two attached hydrogens (primary N) is 1. The van der Waals surface area contributed by atoms with E-state index in [1.807, 2.05) is 0 Å². The van der Waals surface area contributed by atoms with Crippen LogP contribution in [0.25, 0.3) is 0 Å². The summed E-state index contributed by atoms with van der Waals surface area (Å²) in [5.41, 5.74) is 6.76. The van der Waals surface area contributed by atoms with Crippen molar-refractivity contribution in [3.63, 3.8) is 0 Å². The molecule has 0 saturated carbocycles. The zero-order valence-corrected chi connectivity index (χ0v) is 8.04. The van der Waals surface area contributed by atoms with Gasteiger partial charge in [0.15, 0.2) is 0 Å². The Kier molecular flexibility index (Phi) is 4.03. The molecular formula is C10H12F2N2O. The lowest BCUT2D eigenvalue weighted by molar-refractivity contribution is -0.121. The van der Waals surface area contributed by atoms with Crippen LogP contribution < -0.4 is 11.1 Å². The molecule has 1 aromatic rings. The highest BCUT2D eigenvalue weighted by molar-refractivity contribution is 5.78. The fraction of sp³-hybridized carbons (Fsp3) is 0.300. The normalized spacial score (nSPS) is 10.3. The molecule has 0 heterocycles. The van der Waals surface area contributed by atoms with Crippen LogP contribution in [0.3, 0.4) is 0 Å². The fourth-order valence-corrected chi connectivity index (χ4v) is 1.14. The Morgan fingerprint density at radius 1 is 1.47 bits per heavy atom. The molecule has 3 N–H and O–H groups in total. The summed E-state index contributed by atoms with van der Waals surface area (Å²) in [6, 6.07) is 6.77. The van der Waals surface area contributed by atoms with Crippen molar-refractivity contribution in [1.82, 2.24) is 5.32 Å². The molecule has 0 atom stereocenters. The predicted molar refractivity (Wildman–Crippen MR) is 53.6 cm³/mol. The number of rotatable bonds is 4. The van der Waals surface area contributed by atoms with Crippen molar-refractivity contribution in [1.29, 1.82) is 0 Å². The van der Waals surface area contributed by atoms with Crippen molar-refractivity contribution in [2.24, 2.45) is 0 Å². The summed E-state index contributed by atoms with van der Waals surface area (Å²) in [4.78, 5) is 11.1. The van der Waals surface area contributed by atoms with Gasteiger partial charge in [-0.1, -0.05) is 12.1 Å². The average Bonchev–Trinajstić information content (AvgIpc) is 2.15. The molecule has 0 fully saturated rings. The maximum absolute atomic E-state index is 11.8. The van der Waals surface area contributed by atoms with Crippen LogP contribution in [0.5, 0.6) is 0 Å². The summed E-state index contributed by atoms with van der Waals surface area (Å²) in [5.74, 6) is -0.430. The van der Waals surface area contributed by atoms with E-state index in [0.29, 0.717) is 11.3 Å². The Morgan fingerprint density at radius 2 is 2.20 bits per heavy atom. The lowest BCUT2D eigenvalue weighted by Crippen LogP contribution is -2.29. The minimum absolute atomic E-state index is 0.0672. The van der Waals surface area contributed by atoms with Gasteiger partial charge in [0.05, 0.1) is 13.0 Å². The van der Waals surface area contributed by atoms with E-state index in [0.717, 1.165) is 0 Å². The van der Waals surface area contributed by atoms with Crippen LogP contribution in [0, 0.1) is 0 Å². The first-order valence-corrected chi connectivity index (χ1v) is 4.47. The van der Waals surface area contributed by atoms with Gasteiger partial charge in [-0.05, 0) is 17.7 Å². The maximum atomic E-state index is 11.8. The van der Waals surface area contributed by atoms with E-state index < -0.39 is 18.9 Å². The Morgan fingerprint density at radius 3 is 2.80 bits per heavy atom. The van der Waals surface area contributed by atoms with Gasteiger partial charge in [0.2, 0.25) is 5.91 Å². The van der Waals surface area contributed by atoms with Gasteiger partial charge >= 0.3 is 0 Å². The average molecular weight is 214 g/mol. The van der Waals surface area contributed by atoms with Crippen molar-refractivity contribution < 1.29 is 13.6 Å². The molecule has 0 saturated heterocycles. The topological polar surface area (TPSA) is 55.1 Å². The van der Waals surface area contributed by atoms with Crippen LogP contribution in [0.4, 0.5) is 14.5 Å². The molecule has 3 nitrogen and oxygen atoms in total. The molecule has 1 amide bonds. The zero-order valence-electron chi connectivity index (χ0n) is 8.04. The number of carbonyl (C=O) groups is 1. The molecule has 1 aromatic carbocycles. The summed E-state index contributed by atoms with van der Waals surface area (Å²) < 4.78 is 23.5. The zero-order chi connectivity index (χ0) is 11.3. The Hall–Kier alpha value is -1.65. The third-order valence-corrected chi connectivity index (χ3v) is 1.77. The Bertz CT molecular complexity index is 342.